The van der Waals surface area contributed by atoms with Crippen LogP contribution in [0, 0.1) is 6.92 Å². The zero-order valence-corrected chi connectivity index (χ0v) is 11.2. The third-order valence-electron chi connectivity index (χ3n) is 2.44. The molecule has 0 aliphatic carbocycles. The van der Waals surface area contributed by atoms with E-state index in [1.165, 1.54) is 15.3 Å². The van der Waals surface area contributed by atoms with Gasteiger partial charge in [0.15, 0.2) is 0 Å². The van der Waals surface area contributed by atoms with Crippen LogP contribution in [0.15, 0.2) is 11.4 Å². The Balaban J connectivity index is 2.44. The van der Waals surface area contributed by atoms with Crippen LogP contribution in [-0.2, 0) is 20.7 Å². The number of likely N-dealkylation sites (N-methyl/N-ethyl adjacent to an activating group) is 1. The smallest absolute Gasteiger partial charge is 0.396 e. The monoisotopic (exact) mass is 255 g/mol. The van der Waals surface area contributed by atoms with E-state index in [4.69, 9.17) is 0 Å². The zero-order chi connectivity index (χ0) is 12.8. The van der Waals surface area contributed by atoms with E-state index in [9.17, 15) is 9.59 Å². The van der Waals surface area contributed by atoms with E-state index in [0.717, 1.165) is 6.42 Å². The van der Waals surface area contributed by atoms with Crippen molar-refractivity contribution in [2.45, 2.75) is 20.3 Å². The van der Waals surface area contributed by atoms with E-state index < -0.39 is 11.9 Å². The molecule has 0 saturated carbocycles. The molecule has 94 valence electrons. The summed E-state index contributed by atoms with van der Waals surface area (Å²) in [6.45, 7) is 4.47. The predicted octanol–water partition coefficient (Wildman–Crippen LogP) is 1.62. The number of aryl methyl sites for hydroxylation is 1. The highest BCUT2D eigenvalue weighted by Gasteiger charge is 2.19. The summed E-state index contributed by atoms with van der Waals surface area (Å²) in [6, 6.07) is 2.05. The van der Waals surface area contributed by atoms with Gasteiger partial charge in [-0.3, -0.25) is 4.79 Å². The summed E-state index contributed by atoms with van der Waals surface area (Å²) in [5.74, 6) is -1.36. The number of hydrogen-bond acceptors (Lipinski definition) is 4. The SMILES string of the molecule is CCOC(=O)C(=O)N(C)CCc1sccc1C. The molecule has 1 aromatic heterocycles. The van der Waals surface area contributed by atoms with Crippen LogP contribution >= 0.6 is 11.3 Å². The molecule has 1 amide bonds. The minimum Gasteiger partial charge on any atom is -0.459 e. The number of amides is 1. The van der Waals surface area contributed by atoms with Gasteiger partial charge in [0.2, 0.25) is 0 Å². The Labute approximate surface area is 105 Å². The molecule has 0 radical (unpaired) electrons. The summed E-state index contributed by atoms with van der Waals surface area (Å²) < 4.78 is 4.66. The van der Waals surface area contributed by atoms with Crippen LogP contribution in [0.4, 0.5) is 0 Å². The predicted molar refractivity (Wildman–Crippen MR) is 67.0 cm³/mol. The van der Waals surface area contributed by atoms with Crippen molar-refractivity contribution in [3.8, 4) is 0 Å². The average Bonchev–Trinajstić information content (AvgIpc) is 2.71. The number of carbonyl (C=O) groups is 2. The zero-order valence-electron chi connectivity index (χ0n) is 10.4. The number of hydrogen-bond donors (Lipinski definition) is 0. The minimum absolute atomic E-state index is 0.225. The Morgan fingerprint density at radius 3 is 2.71 bits per heavy atom. The topological polar surface area (TPSA) is 46.6 Å². The normalized spacial score (nSPS) is 10.1. The van der Waals surface area contributed by atoms with Gasteiger partial charge >= 0.3 is 11.9 Å². The maximum absolute atomic E-state index is 11.5. The van der Waals surface area contributed by atoms with Crippen molar-refractivity contribution in [1.29, 1.82) is 0 Å². The third kappa shape index (κ3) is 3.85. The second-order valence-corrected chi connectivity index (χ2v) is 4.72. The first-order chi connectivity index (χ1) is 8.06. The standard InChI is InChI=1S/C12H17NO3S/c1-4-16-12(15)11(14)13(3)7-5-10-9(2)6-8-17-10/h6,8H,4-5,7H2,1-3H3. The van der Waals surface area contributed by atoms with Crippen LogP contribution in [-0.4, -0.2) is 37.0 Å². The molecular weight excluding hydrogens is 238 g/mol. The molecule has 4 nitrogen and oxygen atoms in total. The molecular formula is C12H17NO3S. The molecule has 0 atom stereocenters. The lowest BCUT2D eigenvalue weighted by atomic mass is 10.2. The highest BCUT2D eigenvalue weighted by Crippen LogP contribution is 2.16. The number of rotatable bonds is 4. The summed E-state index contributed by atoms with van der Waals surface area (Å²) in [5.41, 5.74) is 1.23. The lowest BCUT2D eigenvalue weighted by molar-refractivity contribution is -0.159. The number of esters is 1. The van der Waals surface area contributed by atoms with Gasteiger partial charge in [0.1, 0.15) is 0 Å². The molecule has 0 fully saturated rings. The summed E-state index contributed by atoms with van der Waals surface area (Å²) in [5, 5.41) is 2.03. The highest BCUT2D eigenvalue weighted by molar-refractivity contribution is 7.10. The van der Waals surface area contributed by atoms with Gasteiger partial charge in [-0.2, -0.15) is 0 Å². The number of carbonyl (C=O) groups excluding carboxylic acids is 2. The molecule has 0 N–H and O–H groups in total. The van der Waals surface area contributed by atoms with Crippen LogP contribution in [0.3, 0.4) is 0 Å². The summed E-state index contributed by atoms with van der Waals surface area (Å²) in [4.78, 5) is 25.4. The molecule has 1 aromatic rings. The maximum Gasteiger partial charge on any atom is 0.396 e. The van der Waals surface area contributed by atoms with E-state index in [2.05, 4.69) is 4.74 Å². The summed E-state index contributed by atoms with van der Waals surface area (Å²) in [6.07, 6.45) is 0.769. The van der Waals surface area contributed by atoms with Gasteiger partial charge in [-0.25, -0.2) is 4.79 Å². The molecule has 0 aromatic carbocycles. The first-order valence-electron chi connectivity index (χ1n) is 5.51. The van der Waals surface area contributed by atoms with Crippen LogP contribution in [0.2, 0.25) is 0 Å². The first-order valence-corrected chi connectivity index (χ1v) is 6.39. The molecule has 5 heteroatoms. The quantitative estimate of drug-likeness (QED) is 0.606. The second kappa shape index (κ2) is 6.39. The Kier molecular flexibility index (Phi) is 5.15. The maximum atomic E-state index is 11.5. The van der Waals surface area contributed by atoms with Gasteiger partial charge in [-0.1, -0.05) is 0 Å². The molecule has 0 spiro atoms. The Morgan fingerprint density at radius 1 is 1.47 bits per heavy atom. The molecule has 1 rings (SSSR count). The van der Waals surface area contributed by atoms with Gasteiger partial charge in [0, 0.05) is 18.5 Å². The lowest BCUT2D eigenvalue weighted by Gasteiger charge is -2.15. The fourth-order valence-corrected chi connectivity index (χ4v) is 2.28. The van der Waals surface area contributed by atoms with Gasteiger partial charge in [0.25, 0.3) is 0 Å². The average molecular weight is 255 g/mol. The van der Waals surface area contributed by atoms with E-state index in [1.807, 2.05) is 18.4 Å². The van der Waals surface area contributed by atoms with Crippen molar-refractivity contribution in [3.05, 3.63) is 21.9 Å². The van der Waals surface area contributed by atoms with E-state index in [0.29, 0.717) is 6.54 Å². The van der Waals surface area contributed by atoms with E-state index in [1.54, 1.807) is 25.3 Å². The Morgan fingerprint density at radius 2 is 2.18 bits per heavy atom. The highest BCUT2D eigenvalue weighted by atomic mass is 32.1. The summed E-state index contributed by atoms with van der Waals surface area (Å²) in [7, 11) is 1.61. The van der Waals surface area contributed by atoms with E-state index >= 15 is 0 Å². The van der Waals surface area contributed by atoms with Gasteiger partial charge in [-0.15, -0.1) is 11.3 Å². The van der Waals surface area contributed by atoms with Crippen LogP contribution in [0.1, 0.15) is 17.4 Å². The second-order valence-electron chi connectivity index (χ2n) is 3.72. The molecule has 0 saturated heterocycles. The lowest BCUT2D eigenvalue weighted by Crippen LogP contribution is -2.35. The number of ether oxygens (including phenoxy) is 1. The Bertz CT molecular complexity index is 400. The van der Waals surface area contributed by atoms with Crippen LogP contribution in [0.25, 0.3) is 0 Å². The van der Waals surface area contributed by atoms with Crippen molar-refractivity contribution < 1.29 is 14.3 Å². The van der Waals surface area contributed by atoms with Gasteiger partial charge in [0.05, 0.1) is 6.61 Å². The molecule has 0 unspecified atom stereocenters. The van der Waals surface area contributed by atoms with Crippen molar-refractivity contribution in [2.24, 2.45) is 0 Å². The van der Waals surface area contributed by atoms with Gasteiger partial charge in [-0.05, 0) is 37.3 Å². The van der Waals surface area contributed by atoms with Gasteiger partial charge < -0.3 is 9.64 Å². The first kappa shape index (κ1) is 13.7. The molecule has 17 heavy (non-hydrogen) atoms. The van der Waals surface area contributed by atoms with Crippen molar-refractivity contribution in [1.82, 2.24) is 4.90 Å². The number of nitrogens with zero attached hydrogens (tertiary/aromatic N) is 1. The largest absolute Gasteiger partial charge is 0.459 e. The van der Waals surface area contributed by atoms with E-state index in [-0.39, 0.29) is 6.61 Å². The van der Waals surface area contributed by atoms with Crippen LogP contribution in [0.5, 0.6) is 0 Å². The summed E-state index contributed by atoms with van der Waals surface area (Å²) >= 11 is 1.67. The Hall–Kier alpha value is -1.36. The van der Waals surface area contributed by atoms with Crippen molar-refractivity contribution in [3.63, 3.8) is 0 Å². The van der Waals surface area contributed by atoms with Crippen molar-refractivity contribution >= 4 is 23.2 Å². The number of thiophene rings is 1. The fraction of sp³-hybridized carbons (Fsp3) is 0.500. The van der Waals surface area contributed by atoms with Crippen molar-refractivity contribution in [2.75, 3.05) is 20.2 Å². The molecule has 1 heterocycles. The molecule has 0 aliphatic rings. The third-order valence-corrected chi connectivity index (χ3v) is 3.52. The van der Waals surface area contributed by atoms with Crippen LogP contribution < -0.4 is 0 Å². The fourth-order valence-electron chi connectivity index (χ4n) is 1.38. The minimum atomic E-state index is -0.780. The molecule has 0 aliphatic heterocycles. The molecule has 0 bridgehead atoms.